The first-order chi connectivity index (χ1) is 12.1. The van der Waals surface area contributed by atoms with Crippen LogP contribution in [-0.2, 0) is 4.74 Å². The first-order valence-electron chi connectivity index (χ1n) is 8.02. The number of carboxylic acids is 1. The number of carbonyl (C=O) groups excluding carboxylic acids is 1. The molecule has 130 valence electrons. The summed E-state index contributed by atoms with van der Waals surface area (Å²) in [5, 5.41) is 8.96. The van der Waals surface area contributed by atoms with Crippen LogP contribution in [0.15, 0.2) is 48.5 Å². The van der Waals surface area contributed by atoms with Gasteiger partial charge < -0.3 is 19.3 Å². The van der Waals surface area contributed by atoms with Crippen molar-refractivity contribution >= 4 is 11.9 Å². The van der Waals surface area contributed by atoms with Crippen LogP contribution in [0.1, 0.15) is 33.6 Å². The number of esters is 1. The highest BCUT2D eigenvalue weighted by molar-refractivity contribution is 5.92. The van der Waals surface area contributed by atoms with Gasteiger partial charge in [-0.05, 0) is 55.3 Å². The van der Waals surface area contributed by atoms with Gasteiger partial charge in [0.25, 0.3) is 0 Å². The Kier molecular flexibility index (Phi) is 5.30. The van der Waals surface area contributed by atoms with E-state index in [1.807, 2.05) is 0 Å². The highest BCUT2D eigenvalue weighted by atomic mass is 16.5. The van der Waals surface area contributed by atoms with E-state index in [4.69, 9.17) is 19.3 Å². The Labute approximate surface area is 144 Å². The minimum absolute atomic E-state index is 0.0585. The summed E-state index contributed by atoms with van der Waals surface area (Å²) in [7, 11) is 0. The van der Waals surface area contributed by atoms with Crippen molar-refractivity contribution in [1.82, 2.24) is 0 Å². The zero-order valence-electron chi connectivity index (χ0n) is 13.5. The van der Waals surface area contributed by atoms with Crippen LogP contribution in [0, 0.1) is 0 Å². The summed E-state index contributed by atoms with van der Waals surface area (Å²) in [4.78, 5) is 23.1. The van der Waals surface area contributed by atoms with Crippen LogP contribution >= 0.6 is 0 Å². The Morgan fingerprint density at radius 1 is 1.08 bits per heavy atom. The minimum atomic E-state index is -1.08. The van der Waals surface area contributed by atoms with Gasteiger partial charge >= 0.3 is 11.9 Å². The van der Waals surface area contributed by atoms with Gasteiger partial charge in [-0.15, -0.1) is 0 Å². The van der Waals surface area contributed by atoms with Crippen molar-refractivity contribution in [3.05, 3.63) is 59.7 Å². The molecule has 0 amide bonds. The minimum Gasteiger partial charge on any atom is -0.491 e. The van der Waals surface area contributed by atoms with E-state index >= 15 is 0 Å². The first-order valence-corrected chi connectivity index (χ1v) is 8.02. The van der Waals surface area contributed by atoms with Gasteiger partial charge in [-0.1, -0.05) is 6.07 Å². The molecule has 2 aromatic rings. The number of benzene rings is 2. The standard InChI is InChI=1S/C19H18O6/c20-18(21)14-3-1-4-16(11-14)25-19(22)13-6-8-15(9-7-13)24-12-17-5-2-10-23-17/h1,3-4,6-9,11,17H,2,5,10,12H2,(H,20,21). The van der Waals surface area contributed by atoms with Crippen molar-refractivity contribution in [3.63, 3.8) is 0 Å². The first kappa shape index (κ1) is 17.0. The molecule has 0 radical (unpaired) electrons. The molecule has 6 nitrogen and oxygen atoms in total. The van der Waals surface area contributed by atoms with Crippen LogP contribution in [0.2, 0.25) is 0 Å². The van der Waals surface area contributed by atoms with Crippen molar-refractivity contribution in [2.24, 2.45) is 0 Å². The van der Waals surface area contributed by atoms with Gasteiger partial charge in [-0.25, -0.2) is 9.59 Å². The van der Waals surface area contributed by atoms with Gasteiger partial charge in [-0.3, -0.25) is 0 Å². The second kappa shape index (κ2) is 7.81. The molecule has 25 heavy (non-hydrogen) atoms. The van der Waals surface area contributed by atoms with Crippen molar-refractivity contribution in [2.75, 3.05) is 13.2 Å². The van der Waals surface area contributed by atoms with E-state index in [0.29, 0.717) is 17.9 Å². The van der Waals surface area contributed by atoms with Crippen molar-refractivity contribution in [3.8, 4) is 11.5 Å². The summed E-state index contributed by atoms with van der Waals surface area (Å²) in [6.45, 7) is 1.27. The van der Waals surface area contributed by atoms with Gasteiger partial charge in [0.1, 0.15) is 18.1 Å². The van der Waals surface area contributed by atoms with E-state index < -0.39 is 11.9 Å². The average Bonchev–Trinajstić information content (AvgIpc) is 3.14. The molecule has 1 atom stereocenters. The molecule has 0 aliphatic carbocycles. The summed E-state index contributed by atoms with van der Waals surface area (Å²) < 4.78 is 16.3. The molecule has 1 aliphatic heterocycles. The molecule has 1 N–H and O–H groups in total. The maximum Gasteiger partial charge on any atom is 0.343 e. The quantitative estimate of drug-likeness (QED) is 0.641. The molecule has 2 aromatic carbocycles. The fourth-order valence-corrected chi connectivity index (χ4v) is 2.51. The van der Waals surface area contributed by atoms with Gasteiger partial charge in [0, 0.05) is 6.61 Å². The Morgan fingerprint density at radius 2 is 1.88 bits per heavy atom. The van der Waals surface area contributed by atoms with Crippen molar-refractivity contribution in [2.45, 2.75) is 18.9 Å². The Hall–Kier alpha value is -2.86. The summed E-state index contributed by atoms with van der Waals surface area (Å²) >= 11 is 0. The van der Waals surface area contributed by atoms with Crippen LogP contribution in [0.25, 0.3) is 0 Å². The summed E-state index contributed by atoms with van der Waals surface area (Å²) in [5.41, 5.74) is 0.411. The van der Waals surface area contributed by atoms with E-state index in [1.54, 1.807) is 24.3 Å². The lowest BCUT2D eigenvalue weighted by Gasteiger charge is -2.11. The lowest BCUT2D eigenvalue weighted by molar-refractivity contribution is 0.0678. The topological polar surface area (TPSA) is 82.1 Å². The smallest absolute Gasteiger partial charge is 0.343 e. The third kappa shape index (κ3) is 4.58. The second-order valence-electron chi connectivity index (χ2n) is 5.69. The summed E-state index contributed by atoms with van der Waals surface area (Å²) in [6, 6.07) is 12.4. The molecule has 1 saturated heterocycles. The maximum absolute atomic E-state index is 12.1. The van der Waals surface area contributed by atoms with E-state index in [2.05, 4.69) is 0 Å². The Bertz CT molecular complexity index is 747. The number of hydrogen-bond acceptors (Lipinski definition) is 5. The normalized spacial score (nSPS) is 16.4. The largest absolute Gasteiger partial charge is 0.491 e. The third-order valence-electron chi connectivity index (χ3n) is 3.84. The van der Waals surface area contributed by atoms with Crippen LogP contribution in [0.4, 0.5) is 0 Å². The lowest BCUT2D eigenvalue weighted by atomic mass is 10.2. The van der Waals surface area contributed by atoms with Crippen LogP contribution in [-0.4, -0.2) is 36.4 Å². The molecule has 6 heteroatoms. The number of rotatable bonds is 6. The fourth-order valence-electron chi connectivity index (χ4n) is 2.51. The predicted molar refractivity (Wildman–Crippen MR) is 89.3 cm³/mol. The van der Waals surface area contributed by atoms with Crippen LogP contribution in [0.3, 0.4) is 0 Å². The molecule has 0 bridgehead atoms. The molecule has 0 aromatic heterocycles. The summed E-state index contributed by atoms with van der Waals surface area (Å²) in [5.74, 6) is -0.803. The van der Waals surface area contributed by atoms with E-state index in [-0.39, 0.29) is 17.4 Å². The number of carboxylic acid groups (broad SMARTS) is 1. The second-order valence-corrected chi connectivity index (χ2v) is 5.69. The molecule has 1 unspecified atom stereocenters. The molecule has 3 rings (SSSR count). The molecule has 1 aliphatic rings. The lowest BCUT2D eigenvalue weighted by Crippen LogP contribution is -2.16. The molecule has 0 saturated carbocycles. The SMILES string of the molecule is O=C(O)c1cccc(OC(=O)c2ccc(OCC3CCCO3)cc2)c1. The van der Waals surface area contributed by atoms with Gasteiger partial charge in [0.15, 0.2) is 0 Å². The van der Waals surface area contributed by atoms with E-state index in [1.165, 1.54) is 24.3 Å². The van der Waals surface area contributed by atoms with Crippen molar-refractivity contribution < 1.29 is 28.9 Å². The molecular weight excluding hydrogens is 324 g/mol. The van der Waals surface area contributed by atoms with Gasteiger partial charge in [0.05, 0.1) is 17.2 Å². The monoisotopic (exact) mass is 342 g/mol. The number of aromatic carboxylic acids is 1. The maximum atomic E-state index is 12.1. The van der Waals surface area contributed by atoms with Crippen LogP contribution < -0.4 is 9.47 Å². The highest BCUT2D eigenvalue weighted by Crippen LogP contribution is 2.19. The third-order valence-corrected chi connectivity index (χ3v) is 3.84. The zero-order valence-corrected chi connectivity index (χ0v) is 13.5. The molecule has 1 fully saturated rings. The van der Waals surface area contributed by atoms with E-state index in [9.17, 15) is 9.59 Å². The highest BCUT2D eigenvalue weighted by Gasteiger charge is 2.16. The van der Waals surface area contributed by atoms with Crippen molar-refractivity contribution in [1.29, 1.82) is 0 Å². The average molecular weight is 342 g/mol. The van der Waals surface area contributed by atoms with Gasteiger partial charge in [-0.2, -0.15) is 0 Å². The molecular formula is C19H18O6. The zero-order chi connectivity index (χ0) is 17.6. The number of carbonyl (C=O) groups is 2. The number of hydrogen-bond donors (Lipinski definition) is 1. The predicted octanol–water partition coefficient (Wildman–Crippen LogP) is 3.16. The van der Waals surface area contributed by atoms with E-state index in [0.717, 1.165) is 19.4 Å². The number of ether oxygens (including phenoxy) is 3. The van der Waals surface area contributed by atoms with Gasteiger partial charge in [0.2, 0.25) is 0 Å². The molecule has 1 heterocycles. The summed E-state index contributed by atoms with van der Waals surface area (Å²) in [6.07, 6.45) is 2.19. The molecule has 0 spiro atoms. The Balaban J connectivity index is 1.58. The Morgan fingerprint density at radius 3 is 2.56 bits per heavy atom. The fraction of sp³-hybridized carbons (Fsp3) is 0.263. The van der Waals surface area contributed by atoms with Crippen LogP contribution in [0.5, 0.6) is 11.5 Å².